The third kappa shape index (κ3) is 3.88. The maximum Gasteiger partial charge on any atom is 0.269 e. The van der Waals surface area contributed by atoms with Crippen molar-refractivity contribution < 1.29 is 4.92 Å². The van der Waals surface area contributed by atoms with Gasteiger partial charge in [-0.2, -0.15) is 0 Å². The Morgan fingerprint density at radius 1 is 0.742 bits per heavy atom. The molecule has 4 rings (SSSR count). The number of nitro groups is 1. The standard InChI is InChI=1S/C26H28N3O2/c1-25(2,3)17-7-13-23-21(15-17)27-22-16-18(26(4,5)6)8-14-24(22)28(23)19-9-11-20(12-10-19)29(30)31/h7-16H,1-6H3. The molecule has 5 nitrogen and oxygen atoms in total. The second-order valence-corrected chi connectivity index (χ2v) is 10.1. The lowest BCUT2D eigenvalue weighted by Crippen LogP contribution is -2.20. The summed E-state index contributed by atoms with van der Waals surface area (Å²) in [6.45, 7) is 13.2. The number of hydrogen-bond acceptors (Lipinski definition) is 3. The zero-order chi connectivity index (χ0) is 22.6. The largest absolute Gasteiger partial charge is 0.306 e. The summed E-state index contributed by atoms with van der Waals surface area (Å²) in [5.41, 5.74) is 7.16. The van der Waals surface area contributed by atoms with Crippen LogP contribution in [0.2, 0.25) is 0 Å². The zero-order valence-corrected chi connectivity index (χ0v) is 18.9. The van der Waals surface area contributed by atoms with Gasteiger partial charge in [-0.15, -0.1) is 0 Å². The molecule has 0 aliphatic carbocycles. The molecule has 0 atom stereocenters. The van der Waals surface area contributed by atoms with Crippen molar-refractivity contribution in [2.24, 2.45) is 0 Å². The van der Waals surface area contributed by atoms with Gasteiger partial charge in [-0.05, 0) is 58.4 Å². The molecular formula is C26H28N3O2. The molecule has 0 fully saturated rings. The Balaban J connectivity index is 1.90. The number of benzene rings is 3. The van der Waals surface area contributed by atoms with Crippen molar-refractivity contribution in [1.82, 2.24) is 5.32 Å². The van der Waals surface area contributed by atoms with Crippen molar-refractivity contribution in [3.63, 3.8) is 0 Å². The zero-order valence-electron chi connectivity index (χ0n) is 18.9. The van der Waals surface area contributed by atoms with Gasteiger partial charge >= 0.3 is 0 Å². The Labute approximate surface area is 183 Å². The highest BCUT2D eigenvalue weighted by Crippen LogP contribution is 2.50. The summed E-state index contributed by atoms with van der Waals surface area (Å²) in [4.78, 5) is 12.9. The summed E-state index contributed by atoms with van der Waals surface area (Å²) in [7, 11) is 0. The fraction of sp³-hybridized carbons (Fsp3) is 0.308. The summed E-state index contributed by atoms with van der Waals surface area (Å²) in [5.74, 6) is 0. The van der Waals surface area contributed by atoms with E-state index < -0.39 is 0 Å². The van der Waals surface area contributed by atoms with Crippen LogP contribution in [0.5, 0.6) is 0 Å². The fourth-order valence-corrected chi connectivity index (χ4v) is 3.80. The maximum atomic E-state index is 11.1. The number of rotatable bonds is 2. The minimum Gasteiger partial charge on any atom is -0.306 e. The van der Waals surface area contributed by atoms with E-state index >= 15 is 0 Å². The molecule has 31 heavy (non-hydrogen) atoms. The molecule has 3 aromatic carbocycles. The van der Waals surface area contributed by atoms with E-state index in [0.29, 0.717) is 0 Å². The summed E-state index contributed by atoms with van der Waals surface area (Å²) in [6, 6.07) is 19.5. The second-order valence-electron chi connectivity index (χ2n) is 10.1. The van der Waals surface area contributed by atoms with Crippen molar-refractivity contribution in [1.29, 1.82) is 0 Å². The van der Waals surface area contributed by atoms with Gasteiger partial charge in [-0.1, -0.05) is 53.7 Å². The molecule has 0 amide bonds. The molecule has 159 valence electrons. The molecule has 0 saturated heterocycles. The number of fused-ring (bicyclic) bond motifs is 2. The molecule has 1 aliphatic heterocycles. The Bertz CT molecular complexity index is 1090. The number of hydrogen-bond donors (Lipinski definition) is 0. The highest BCUT2D eigenvalue weighted by molar-refractivity contribution is 5.93. The minimum atomic E-state index is -0.373. The van der Waals surface area contributed by atoms with Gasteiger partial charge in [0.25, 0.3) is 5.69 Å². The Kier molecular flexibility index (Phi) is 4.80. The molecule has 0 saturated carbocycles. The van der Waals surface area contributed by atoms with E-state index in [1.54, 1.807) is 24.3 Å². The van der Waals surface area contributed by atoms with Crippen molar-refractivity contribution in [2.75, 3.05) is 4.90 Å². The predicted octanol–water partition coefficient (Wildman–Crippen LogP) is 7.54. The first kappa shape index (κ1) is 20.9. The van der Waals surface area contributed by atoms with E-state index in [2.05, 4.69) is 82.8 Å². The van der Waals surface area contributed by atoms with E-state index in [1.807, 2.05) is 0 Å². The Morgan fingerprint density at radius 3 is 1.58 bits per heavy atom. The molecular weight excluding hydrogens is 386 g/mol. The van der Waals surface area contributed by atoms with Crippen LogP contribution in [0.4, 0.5) is 34.1 Å². The molecule has 3 aromatic rings. The lowest BCUT2D eigenvalue weighted by atomic mass is 9.85. The second kappa shape index (κ2) is 7.12. The molecule has 1 radical (unpaired) electrons. The Hall–Kier alpha value is -3.34. The average Bonchev–Trinajstić information content (AvgIpc) is 2.69. The first-order valence-electron chi connectivity index (χ1n) is 10.5. The van der Waals surface area contributed by atoms with Gasteiger partial charge in [-0.3, -0.25) is 10.1 Å². The number of anilines is 3. The number of non-ortho nitro benzene ring substituents is 1. The third-order valence-corrected chi connectivity index (χ3v) is 5.72. The van der Waals surface area contributed by atoms with Gasteiger partial charge in [0.2, 0.25) is 0 Å². The van der Waals surface area contributed by atoms with Gasteiger partial charge in [0, 0.05) is 17.8 Å². The normalized spacial score (nSPS) is 13.3. The highest BCUT2D eigenvalue weighted by Gasteiger charge is 2.28. The van der Waals surface area contributed by atoms with Crippen LogP contribution in [0.15, 0.2) is 60.7 Å². The van der Waals surface area contributed by atoms with Crippen LogP contribution in [0.3, 0.4) is 0 Å². The molecule has 0 bridgehead atoms. The lowest BCUT2D eigenvalue weighted by molar-refractivity contribution is -0.384. The summed E-state index contributed by atoms with van der Waals surface area (Å²) in [6.07, 6.45) is 0. The van der Waals surface area contributed by atoms with Crippen molar-refractivity contribution >= 4 is 34.1 Å². The van der Waals surface area contributed by atoms with Gasteiger partial charge in [-0.25, -0.2) is 5.32 Å². The van der Waals surface area contributed by atoms with Crippen LogP contribution in [0, 0.1) is 10.1 Å². The van der Waals surface area contributed by atoms with Gasteiger partial charge in [0.15, 0.2) is 0 Å². The first-order chi connectivity index (χ1) is 14.4. The summed E-state index contributed by atoms with van der Waals surface area (Å²) in [5, 5.41) is 16.2. The van der Waals surface area contributed by atoms with Crippen LogP contribution in [0.25, 0.3) is 0 Å². The maximum absolute atomic E-state index is 11.1. The lowest BCUT2D eigenvalue weighted by Gasteiger charge is -2.35. The van der Waals surface area contributed by atoms with Crippen LogP contribution in [-0.4, -0.2) is 4.92 Å². The van der Waals surface area contributed by atoms with Gasteiger partial charge in [0.1, 0.15) is 0 Å². The van der Waals surface area contributed by atoms with Crippen LogP contribution in [0.1, 0.15) is 52.7 Å². The quantitative estimate of drug-likeness (QED) is 0.251. The van der Waals surface area contributed by atoms with E-state index in [-0.39, 0.29) is 21.4 Å². The van der Waals surface area contributed by atoms with Gasteiger partial charge in [0.05, 0.1) is 27.7 Å². The molecule has 0 N–H and O–H groups in total. The smallest absolute Gasteiger partial charge is 0.269 e. The predicted molar refractivity (Wildman–Crippen MR) is 127 cm³/mol. The summed E-state index contributed by atoms with van der Waals surface area (Å²) < 4.78 is 0. The molecule has 0 unspecified atom stereocenters. The molecule has 1 aliphatic rings. The molecule has 0 spiro atoms. The van der Waals surface area contributed by atoms with Gasteiger partial charge < -0.3 is 4.90 Å². The van der Waals surface area contributed by atoms with Crippen LogP contribution < -0.4 is 10.2 Å². The van der Waals surface area contributed by atoms with Crippen molar-refractivity contribution in [3.05, 3.63) is 81.9 Å². The van der Waals surface area contributed by atoms with Crippen molar-refractivity contribution in [2.45, 2.75) is 52.4 Å². The van der Waals surface area contributed by atoms with Crippen LogP contribution >= 0.6 is 0 Å². The summed E-state index contributed by atoms with van der Waals surface area (Å²) >= 11 is 0. The van der Waals surface area contributed by atoms with Crippen LogP contribution in [-0.2, 0) is 10.8 Å². The van der Waals surface area contributed by atoms with E-state index in [1.165, 1.54) is 11.1 Å². The molecule has 0 aromatic heterocycles. The topological polar surface area (TPSA) is 60.5 Å². The van der Waals surface area contributed by atoms with Crippen molar-refractivity contribution in [3.8, 4) is 0 Å². The Morgan fingerprint density at radius 2 is 1.19 bits per heavy atom. The number of nitrogens with zero attached hydrogens (tertiary/aromatic N) is 3. The number of nitro benzene ring substituents is 1. The third-order valence-electron chi connectivity index (χ3n) is 5.72. The van der Waals surface area contributed by atoms with E-state index in [4.69, 9.17) is 5.32 Å². The molecule has 5 heteroatoms. The molecule has 1 heterocycles. The van der Waals surface area contributed by atoms with E-state index in [0.717, 1.165) is 28.4 Å². The fourth-order valence-electron chi connectivity index (χ4n) is 3.80. The highest BCUT2D eigenvalue weighted by atomic mass is 16.6. The average molecular weight is 415 g/mol. The SMILES string of the molecule is CC(C)(C)c1ccc2c(c1)[N]c1cc(C(C)(C)C)ccc1N2c1ccc([N+](=O)[O-])cc1. The minimum absolute atomic E-state index is 0.0102. The first-order valence-corrected chi connectivity index (χ1v) is 10.5. The van der Waals surface area contributed by atoms with E-state index in [9.17, 15) is 10.1 Å². The monoisotopic (exact) mass is 414 g/mol.